The Balaban J connectivity index is 2.01. The number of hydrogen-bond acceptors (Lipinski definition) is 5. The number of rotatable bonds is 5. The van der Waals surface area contributed by atoms with E-state index in [-0.39, 0.29) is 6.54 Å². The second-order valence-corrected chi connectivity index (χ2v) is 4.33. The number of nitrogens with zero attached hydrogens (tertiary/aromatic N) is 2. The number of aromatic nitrogens is 2. The van der Waals surface area contributed by atoms with E-state index in [1.165, 1.54) is 0 Å². The summed E-state index contributed by atoms with van der Waals surface area (Å²) in [6.07, 6.45) is 3.28. The highest BCUT2D eigenvalue weighted by Crippen LogP contribution is 2.20. The number of nitrogens with one attached hydrogen (secondary N) is 1. The van der Waals surface area contributed by atoms with Crippen molar-refractivity contribution in [1.82, 2.24) is 9.97 Å². The van der Waals surface area contributed by atoms with Crippen molar-refractivity contribution in [3.63, 3.8) is 0 Å². The van der Waals surface area contributed by atoms with Crippen molar-refractivity contribution in [2.45, 2.75) is 13.8 Å². The minimum Gasteiger partial charge on any atom is -0.481 e. The Bertz CT molecular complexity index is 563. The maximum atomic E-state index is 10.7. The van der Waals surface area contributed by atoms with Gasteiger partial charge in [0.05, 0.1) is 11.5 Å². The summed E-state index contributed by atoms with van der Waals surface area (Å²) >= 11 is 0. The Kier molecular flexibility index (Phi) is 3.79. The van der Waals surface area contributed by atoms with Crippen molar-refractivity contribution in [3.8, 4) is 11.3 Å². The highest BCUT2D eigenvalue weighted by atomic mass is 16.4. The van der Waals surface area contributed by atoms with Gasteiger partial charge in [0.1, 0.15) is 11.5 Å². The Morgan fingerprint density at radius 1 is 1.42 bits per heavy atom. The van der Waals surface area contributed by atoms with Gasteiger partial charge in [0, 0.05) is 18.9 Å². The van der Waals surface area contributed by atoms with Gasteiger partial charge >= 0.3 is 5.97 Å². The number of carboxylic acid groups (broad SMARTS) is 1. The molecule has 0 aliphatic rings. The largest absolute Gasteiger partial charge is 0.481 e. The molecule has 2 heterocycles. The highest BCUT2D eigenvalue weighted by Gasteiger charge is 2.11. The molecular weight excluding hydrogens is 246 g/mol. The molecule has 0 aliphatic heterocycles. The van der Waals surface area contributed by atoms with Crippen molar-refractivity contribution in [2.75, 3.05) is 11.9 Å². The maximum Gasteiger partial charge on any atom is 0.308 e. The zero-order valence-corrected chi connectivity index (χ0v) is 10.8. The zero-order chi connectivity index (χ0) is 13.8. The summed E-state index contributed by atoms with van der Waals surface area (Å²) in [6, 6.07) is 3.73. The third kappa shape index (κ3) is 3.31. The van der Waals surface area contributed by atoms with Crippen LogP contribution in [-0.2, 0) is 4.79 Å². The standard InChI is InChI=1S/C13H15N3O3/c1-8(12(17)18)5-14-13-15-6-10(7-16-13)11-4-3-9(2)19-11/h3-4,6-8H,5H2,1-2H3,(H,17,18)(H,14,15,16). The molecule has 2 aromatic rings. The molecule has 0 saturated carbocycles. The molecule has 2 aromatic heterocycles. The molecule has 0 radical (unpaired) electrons. The van der Waals surface area contributed by atoms with Gasteiger partial charge in [-0.3, -0.25) is 4.79 Å². The van der Waals surface area contributed by atoms with E-state index in [9.17, 15) is 4.79 Å². The molecule has 0 aromatic carbocycles. The van der Waals surface area contributed by atoms with Gasteiger partial charge in [-0.15, -0.1) is 0 Å². The second-order valence-electron chi connectivity index (χ2n) is 4.33. The lowest BCUT2D eigenvalue weighted by molar-refractivity contribution is -0.140. The normalized spacial score (nSPS) is 12.1. The third-order valence-electron chi connectivity index (χ3n) is 2.66. The summed E-state index contributed by atoms with van der Waals surface area (Å²) < 4.78 is 5.46. The van der Waals surface area contributed by atoms with Gasteiger partial charge in [0.25, 0.3) is 0 Å². The first kappa shape index (κ1) is 13.1. The van der Waals surface area contributed by atoms with Crippen LogP contribution < -0.4 is 5.32 Å². The van der Waals surface area contributed by atoms with Crippen molar-refractivity contribution >= 4 is 11.9 Å². The first-order chi connectivity index (χ1) is 9.06. The average molecular weight is 261 g/mol. The first-order valence-corrected chi connectivity index (χ1v) is 5.92. The Hall–Kier alpha value is -2.37. The Labute approximate surface area is 110 Å². The highest BCUT2D eigenvalue weighted by molar-refractivity contribution is 5.70. The molecular formula is C13H15N3O3. The zero-order valence-electron chi connectivity index (χ0n) is 10.8. The molecule has 0 bridgehead atoms. The number of aliphatic carboxylic acids is 1. The molecule has 6 heteroatoms. The van der Waals surface area contributed by atoms with E-state index in [0.717, 1.165) is 11.3 Å². The monoisotopic (exact) mass is 261 g/mol. The first-order valence-electron chi connectivity index (χ1n) is 5.92. The van der Waals surface area contributed by atoms with Gasteiger partial charge in [-0.05, 0) is 19.1 Å². The van der Waals surface area contributed by atoms with Gasteiger partial charge in [0.2, 0.25) is 5.95 Å². The number of hydrogen-bond donors (Lipinski definition) is 2. The Morgan fingerprint density at radius 3 is 2.63 bits per heavy atom. The summed E-state index contributed by atoms with van der Waals surface area (Å²) in [5.41, 5.74) is 0.782. The van der Waals surface area contributed by atoms with Crippen LogP contribution in [0, 0.1) is 12.8 Å². The van der Waals surface area contributed by atoms with Crippen LogP contribution in [0.1, 0.15) is 12.7 Å². The lowest BCUT2D eigenvalue weighted by Crippen LogP contribution is -2.20. The summed E-state index contributed by atoms with van der Waals surface area (Å²) in [6.45, 7) is 3.78. The molecule has 0 amide bonds. The van der Waals surface area contributed by atoms with Crippen LogP contribution in [0.2, 0.25) is 0 Å². The van der Waals surface area contributed by atoms with Crippen molar-refractivity contribution in [2.24, 2.45) is 5.92 Å². The quantitative estimate of drug-likeness (QED) is 0.857. The van der Waals surface area contributed by atoms with Crippen LogP contribution in [0.5, 0.6) is 0 Å². The van der Waals surface area contributed by atoms with Gasteiger partial charge in [-0.25, -0.2) is 9.97 Å². The summed E-state index contributed by atoms with van der Waals surface area (Å²) in [4.78, 5) is 18.9. The van der Waals surface area contributed by atoms with E-state index >= 15 is 0 Å². The van der Waals surface area contributed by atoms with Crippen molar-refractivity contribution in [3.05, 3.63) is 30.3 Å². The third-order valence-corrected chi connectivity index (χ3v) is 2.66. The lowest BCUT2D eigenvalue weighted by atomic mass is 10.2. The fourth-order valence-corrected chi connectivity index (χ4v) is 1.47. The fourth-order valence-electron chi connectivity index (χ4n) is 1.47. The minimum absolute atomic E-state index is 0.286. The SMILES string of the molecule is Cc1ccc(-c2cnc(NCC(C)C(=O)O)nc2)o1. The predicted octanol–water partition coefficient (Wildman–Crippen LogP) is 2.18. The molecule has 2 rings (SSSR count). The molecule has 0 aliphatic carbocycles. The number of carbonyl (C=O) groups is 1. The lowest BCUT2D eigenvalue weighted by Gasteiger charge is -2.07. The molecule has 0 spiro atoms. The van der Waals surface area contributed by atoms with E-state index in [2.05, 4.69) is 15.3 Å². The van der Waals surface area contributed by atoms with E-state index < -0.39 is 11.9 Å². The van der Waals surface area contributed by atoms with Gasteiger partial charge in [-0.1, -0.05) is 6.92 Å². The molecule has 0 saturated heterocycles. The molecule has 1 unspecified atom stereocenters. The fraction of sp³-hybridized carbons (Fsp3) is 0.308. The topological polar surface area (TPSA) is 88.2 Å². The van der Waals surface area contributed by atoms with Crippen LogP contribution in [0.25, 0.3) is 11.3 Å². The molecule has 0 fully saturated rings. The second kappa shape index (κ2) is 5.51. The minimum atomic E-state index is -0.852. The molecule has 2 N–H and O–H groups in total. The van der Waals surface area contributed by atoms with Gasteiger partial charge in [-0.2, -0.15) is 0 Å². The number of aryl methyl sites for hydroxylation is 1. The summed E-state index contributed by atoms with van der Waals surface area (Å²) in [5.74, 6) is 0.599. The van der Waals surface area contributed by atoms with Crippen molar-refractivity contribution in [1.29, 1.82) is 0 Å². The molecule has 1 atom stereocenters. The van der Waals surface area contributed by atoms with Crippen molar-refractivity contribution < 1.29 is 14.3 Å². The van der Waals surface area contributed by atoms with Crippen LogP contribution in [0.4, 0.5) is 5.95 Å². The van der Waals surface area contributed by atoms with Gasteiger partial charge < -0.3 is 14.8 Å². The molecule has 6 nitrogen and oxygen atoms in total. The van der Waals surface area contributed by atoms with Crippen LogP contribution in [-0.4, -0.2) is 27.6 Å². The van der Waals surface area contributed by atoms with E-state index in [1.54, 1.807) is 19.3 Å². The van der Waals surface area contributed by atoms with Crippen LogP contribution in [0.3, 0.4) is 0 Å². The molecule has 19 heavy (non-hydrogen) atoms. The van der Waals surface area contributed by atoms with Crippen LogP contribution >= 0.6 is 0 Å². The predicted molar refractivity (Wildman–Crippen MR) is 69.8 cm³/mol. The average Bonchev–Trinajstić information content (AvgIpc) is 2.83. The number of carboxylic acids is 1. The van der Waals surface area contributed by atoms with E-state index in [0.29, 0.717) is 11.7 Å². The number of furan rings is 1. The summed E-state index contributed by atoms with van der Waals surface area (Å²) in [7, 11) is 0. The van der Waals surface area contributed by atoms with Crippen LogP contribution in [0.15, 0.2) is 28.9 Å². The van der Waals surface area contributed by atoms with Gasteiger partial charge in [0.15, 0.2) is 0 Å². The maximum absolute atomic E-state index is 10.7. The summed E-state index contributed by atoms with van der Waals surface area (Å²) in [5, 5.41) is 11.6. The molecule has 100 valence electrons. The van der Waals surface area contributed by atoms with E-state index in [4.69, 9.17) is 9.52 Å². The Morgan fingerprint density at radius 2 is 2.11 bits per heavy atom. The van der Waals surface area contributed by atoms with E-state index in [1.807, 2.05) is 19.1 Å². The smallest absolute Gasteiger partial charge is 0.308 e. The number of anilines is 1.